The average Bonchev–Trinajstić information content (AvgIpc) is 3.20. The molecule has 0 heterocycles. The van der Waals surface area contributed by atoms with Crippen LogP contribution in [-0.4, -0.2) is 22.8 Å². The van der Waals surface area contributed by atoms with Crippen molar-refractivity contribution in [3.63, 3.8) is 0 Å². The molecule has 1 aromatic rings. The first-order valence-corrected chi connectivity index (χ1v) is 6.87. The molecule has 3 nitrogen and oxygen atoms in total. The maximum atomic E-state index is 11.0. The number of hydrogen-bond donors (Lipinski definition) is 2. The van der Waals surface area contributed by atoms with Crippen LogP contribution >= 0.6 is 0 Å². The molecular formula is C16H22O3. The van der Waals surface area contributed by atoms with Gasteiger partial charge in [0.1, 0.15) is 0 Å². The quantitative estimate of drug-likeness (QED) is 0.828. The fourth-order valence-corrected chi connectivity index (χ4v) is 2.52. The van der Waals surface area contributed by atoms with Gasteiger partial charge in [-0.3, -0.25) is 4.79 Å². The van der Waals surface area contributed by atoms with Gasteiger partial charge in [-0.25, -0.2) is 0 Å². The first kappa shape index (κ1) is 14.1. The normalized spacial score (nSPS) is 17.2. The molecule has 0 aromatic heterocycles. The van der Waals surface area contributed by atoms with E-state index in [-0.39, 0.29) is 24.4 Å². The Morgan fingerprint density at radius 3 is 2.32 bits per heavy atom. The highest BCUT2D eigenvalue weighted by molar-refractivity contribution is 5.68. The molecule has 104 valence electrons. The molecule has 0 amide bonds. The minimum absolute atomic E-state index is 0.105. The Morgan fingerprint density at radius 2 is 1.89 bits per heavy atom. The maximum absolute atomic E-state index is 11.0. The number of carboxylic acids is 1. The average molecular weight is 262 g/mol. The van der Waals surface area contributed by atoms with Gasteiger partial charge in [0.25, 0.3) is 0 Å². The minimum atomic E-state index is -0.725. The first-order chi connectivity index (χ1) is 8.94. The van der Waals surface area contributed by atoms with Crippen LogP contribution in [0.4, 0.5) is 0 Å². The largest absolute Gasteiger partial charge is 0.481 e. The zero-order chi connectivity index (χ0) is 14.0. The maximum Gasteiger partial charge on any atom is 0.303 e. The fourth-order valence-electron chi connectivity index (χ4n) is 2.52. The summed E-state index contributed by atoms with van der Waals surface area (Å²) in [6, 6.07) is 8.09. The molecule has 1 atom stereocenters. The van der Waals surface area contributed by atoms with Gasteiger partial charge in [0.05, 0.1) is 13.0 Å². The summed E-state index contributed by atoms with van der Waals surface area (Å²) in [5.74, 6) is -0.0479. The molecule has 2 rings (SSSR count). The number of hydrogen-bond acceptors (Lipinski definition) is 2. The molecule has 0 aliphatic heterocycles. The van der Waals surface area contributed by atoms with E-state index in [0.29, 0.717) is 5.92 Å². The van der Waals surface area contributed by atoms with E-state index in [1.165, 1.54) is 0 Å². The Kier molecular flexibility index (Phi) is 3.95. The summed E-state index contributed by atoms with van der Waals surface area (Å²) < 4.78 is 0. The Morgan fingerprint density at radius 1 is 1.32 bits per heavy atom. The lowest BCUT2D eigenvalue weighted by Crippen LogP contribution is -2.22. The van der Waals surface area contributed by atoms with E-state index in [9.17, 15) is 9.90 Å². The molecule has 0 spiro atoms. The van der Waals surface area contributed by atoms with Crippen molar-refractivity contribution in [2.45, 2.75) is 44.4 Å². The zero-order valence-electron chi connectivity index (χ0n) is 11.6. The molecule has 1 fully saturated rings. The third kappa shape index (κ3) is 3.35. The van der Waals surface area contributed by atoms with E-state index in [1.807, 2.05) is 38.1 Å². The standard InChI is InChI=1S/C16H22O3/c1-16(2,10-17)13-7-5-12(6-8-13)14(9-15(18)19)11-3-4-11/h5-8,11,14,17H,3-4,9-10H2,1-2H3,(H,18,19). The van der Waals surface area contributed by atoms with Gasteiger partial charge < -0.3 is 10.2 Å². The van der Waals surface area contributed by atoms with E-state index in [2.05, 4.69) is 0 Å². The molecule has 1 aromatic carbocycles. The van der Waals surface area contributed by atoms with E-state index in [0.717, 1.165) is 24.0 Å². The first-order valence-electron chi connectivity index (χ1n) is 6.87. The second-order valence-corrected chi connectivity index (χ2v) is 6.21. The molecule has 0 saturated heterocycles. The summed E-state index contributed by atoms with van der Waals surface area (Å²) in [6.45, 7) is 4.10. The lowest BCUT2D eigenvalue weighted by Gasteiger charge is -2.23. The van der Waals surface area contributed by atoms with Crippen molar-refractivity contribution >= 4 is 5.97 Å². The highest BCUT2D eigenvalue weighted by Crippen LogP contribution is 2.44. The molecule has 1 aliphatic carbocycles. The van der Waals surface area contributed by atoms with Crippen LogP contribution in [0.1, 0.15) is 50.2 Å². The van der Waals surface area contributed by atoms with Crippen LogP contribution in [0.25, 0.3) is 0 Å². The van der Waals surface area contributed by atoms with Gasteiger partial charge >= 0.3 is 5.97 Å². The van der Waals surface area contributed by atoms with Crippen LogP contribution in [0.3, 0.4) is 0 Å². The van der Waals surface area contributed by atoms with Gasteiger partial charge in [0, 0.05) is 5.41 Å². The summed E-state index contributed by atoms with van der Waals surface area (Å²) in [4.78, 5) is 11.0. The van der Waals surface area contributed by atoms with Crippen LogP contribution in [0.5, 0.6) is 0 Å². The molecule has 2 N–H and O–H groups in total. The summed E-state index contributed by atoms with van der Waals surface area (Å²) in [6.07, 6.45) is 2.50. The number of aliphatic carboxylic acids is 1. The molecule has 0 radical (unpaired) electrons. The van der Waals surface area contributed by atoms with Crippen LogP contribution in [0.2, 0.25) is 0 Å². The molecule has 1 aliphatic rings. The van der Waals surface area contributed by atoms with Crippen molar-refractivity contribution < 1.29 is 15.0 Å². The third-order valence-corrected chi connectivity index (χ3v) is 4.10. The molecule has 0 bridgehead atoms. The van der Waals surface area contributed by atoms with Gasteiger partial charge in [-0.05, 0) is 35.8 Å². The molecule has 1 unspecified atom stereocenters. The number of aliphatic hydroxyl groups excluding tert-OH is 1. The molecule has 1 saturated carbocycles. The highest BCUT2D eigenvalue weighted by atomic mass is 16.4. The van der Waals surface area contributed by atoms with E-state index < -0.39 is 5.97 Å². The topological polar surface area (TPSA) is 57.5 Å². The predicted molar refractivity (Wildman–Crippen MR) is 74.3 cm³/mol. The van der Waals surface area contributed by atoms with Crippen LogP contribution in [-0.2, 0) is 10.2 Å². The van der Waals surface area contributed by atoms with Crippen molar-refractivity contribution in [1.29, 1.82) is 0 Å². The van der Waals surface area contributed by atoms with Gasteiger partial charge in [0.2, 0.25) is 0 Å². The Labute approximate surface area is 114 Å². The third-order valence-electron chi connectivity index (χ3n) is 4.10. The monoisotopic (exact) mass is 262 g/mol. The smallest absolute Gasteiger partial charge is 0.303 e. The van der Waals surface area contributed by atoms with Crippen molar-refractivity contribution in [3.05, 3.63) is 35.4 Å². The van der Waals surface area contributed by atoms with Gasteiger partial charge in [-0.1, -0.05) is 38.1 Å². The van der Waals surface area contributed by atoms with E-state index >= 15 is 0 Å². The van der Waals surface area contributed by atoms with Crippen molar-refractivity contribution in [2.24, 2.45) is 5.92 Å². The summed E-state index contributed by atoms with van der Waals surface area (Å²) >= 11 is 0. The van der Waals surface area contributed by atoms with Gasteiger partial charge in [0.15, 0.2) is 0 Å². The van der Waals surface area contributed by atoms with E-state index in [1.54, 1.807) is 0 Å². The van der Waals surface area contributed by atoms with Crippen LogP contribution in [0, 0.1) is 5.92 Å². The Hall–Kier alpha value is -1.35. The lowest BCUT2D eigenvalue weighted by molar-refractivity contribution is -0.137. The summed E-state index contributed by atoms with van der Waals surface area (Å²) in [5, 5.41) is 18.4. The van der Waals surface area contributed by atoms with Crippen LogP contribution in [0.15, 0.2) is 24.3 Å². The fraction of sp³-hybridized carbons (Fsp3) is 0.562. The summed E-state index contributed by atoms with van der Waals surface area (Å²) in [5.41, 5.74) is 1.95. The second-order valence-electron chi connectivity index (χ2n) is 6.21. The Balaban J connectivity index is 2.18. The minimum Gasteiger partial charge on any atom is -0.481 e. The van der Waals surface area contributed by atoms with Crippen molar-refractivity contribution in [3.8, 4) is 0 Å². The molecule has 19 heavy (non-hydrogen) atoms. The van der Waals surface area contributed by atoms with E-state index in [4.69, 9.17) is 5.11 Å². The van der Waals surface area contributed by atoms with Crippen molar-refractivity contribution in [1.82, 2.24) is 0 Å². The zero-order valence-corrected chi connectivity index (χ0v) is 11.6. The lowest BCUT2D eigenvalue weighted by atomic mass is 9.83. The van der Waals surface area contributed by atoms with Crippen molar-refractivity contribution in [2.75, 3.05) is 6.61 Å². The number of carboxylic acid groups (broad SMARTS) is 1. The highest BCUT2D eigenvalue weighted by Gasteiger charge is 2.33. The molecule has 3 heteroatoms. The predicted octanol–water partition coefficient (Wildman–Crippen LogP) is 2.92. The molecular weight excluding hydrogens is 240 g/mol. The summed E-state index contributed by atoms with van der Waals surface area (Å²) in [7, 11) is 0. The SMILES string of the molecule is CC(C)(CO)c1ccc(C(CC(=O)O)C2CC2)cc1. The van der Waals surface area contributed by atoms with Gasteiger partial charge in [-0.2, -0.15) is 0 Å². The Bertz CT molecular complexity index is 444. The number of rotatable bonds is 6. The second kappa shape index (κ2) is 5.33. The number of benzene rings is 1. The van der Waals surface area contributed by atoms with Crippen LogP contribution < -0.4 is 0 Å². The number of aliphatic hydroxyl groups is 1. The number of carbonyl (C=O) groups is 1. The van der Waals surface area contributed by atoms with Gasteiger partial charge in [-0.15, -0.1) is 0 Å².